The van der Waals surface area contributed by atoms with Gasteiger partial charge in [0.25, 0.3) is 0 Å². The molecule has 1 aromatic rings. The number of hydrogen-bond donors (Lipinski definition) is 1. The number of nitrogens with two attached hydrogens (primary N) is 1. The molecular weight excluding hydrogens is 283 g/mol. The van der Waals surface area contributed by atoms with E-state index in [0.29, 0.717) is 5.02 Å². The molecule has 2 unspecified atom stereocenters. The lowest BCUT2D eigenvalue weighted by molar-refractivity contribution is -0.121. The Bertz CT molecular complexity index is 465. The predicted molar refractivity (Wildman–Crippen MR) is 82.2 cm³/mol. The van der Waals surface area contributed by atoms with Crippen LogP contribution in [-0.2, 0) is 4.79 Å². The molecule has 106 valence electrons. The SMILES string of the molecule is Cc1ccc(N(C)C(=O)C2CCC(N)C2)cc1Cl.Cl. The lowest BCUT2D eigenvalue weighted by Gasteiger charge is -2.21. The fraction of sp³-hybridized carbons (Fsp3) is 0.500. The molecule has 0 radical (unpaired) electrons. The van der Waals surface area contributed by atoms with Gasteiger partial charge in [-0.3, -0.25) is 4.79 Å². The van der Waals surface area contributed by atoms with Crippen molar-refractivity contribution in [3.05, 3.63) is 28.8 Å². The maximum atomic E-state index is 12.3. The molecule has 2 N–H and O–H groups in total. The second-order valence-electron chi connectivity index (χ2n) is 5.10. The van der Waals surface area contributed by atoms with Crippen LogP contribution in [0.25, 0.3) is 0 Å². The lowest BCUT2D eigenvalue weighted by Crippen LogP contribution is -2.32. The molecule has 1 aliphatic rings. The summed E-state index contributed by atoms with van der Waals surface area (Å²) in [7, 11) is 1.80. The van der Waals surface area contributed by atoms with Gasteiger partial charge in [-0.05, 0) is 43.9 Å². The van der Waals surface area contributed by atoms with Crippen LogP contribution in [0.15, 0.2) is 18.2 Å². The van der Waals surface area contributed by atoms with E-state index in [2.05, 4.69) is 0 Å². The molecule has 0 heterocycles. The molecule has 3 nitrogen and oxygen atoms in total. The average Bonchev–Trinajstić information content (AvgIpc) is 2.77. The third kappa shape index (κ3) is 3.62. The molecule has 19 heavy (non-hydrogen) atoms. The van der Waals surface area contributed by atoms with Gasteiger partial charge in [0.1, 0.15) is 0 Å². The minimum absolute atomic E-state index is 0. The maximum Gasteiger partial charge on any atom is 0.229 e. The van der Waals surface area contributed by atoms with Crippen molar-refractivity contribution in [3.8, 4) is 0 Å². The minimum atomic E-state index is 0. The van der Waals surface area contributed by atoms with Crippen LogP contribution in [0.5, 0.6) is 0 Å². The molecule has 0 aliphatic heterocycles. The first kappa shape index (κ1) is 16.3. The summed E-state index contributed by atoms with van der Waals surface area (Å²) in [6, 6.07) is 5.87. The van der Waals surface area contributed by atoms with E-state index in [4.69, 9.17) is 17.3 Å². The van der Waals surface area contributed by atoms with Crippen LogP contribution in [-0.4, -0.2) is 19.0 Å². The van der Waals surface area contributed by atoms with Crippen LogP contribution in [0, 0.1) is 12.8 Å². The number of amides is 1. The first-order valence-electron chi connectivity index (χ1n) is 6.28. The molecule has 5 heteroatoms. The van der Waals surface area contributed by atoms with Crippen molar-refractivity contribution in [1.29, 1.82) is 0 Å². The third-order valence-electron chi connectivity index (χ3n) is 3.70. The summed E-state index contributed by atoms with van der Waals surface area (Å²) in [5.74, 6) is 0.202. The molecule has 0 bridgehead atoms. The van der Waals surface area contributed by atoms with Crippen molar-refractivity contribution in [1.82, 2.24) is 0 Å². The van der Waals surface area contributed by atoms with Crippen molar-refractivity contribution in [3.63, 3.8) is 0 Å². The number of nitrogens with zero attached hydrogens (tertiary/aromatic N) is 1. The second kappa shape index (κ2) is 6.60. The van der Waals surface area contributed by atoms with Gasteiger partial charge in [-0.2, -0.15) is 0 Å². The molecule has 1 fully saturated rings. The standard InChI is InChI=1S/C14H19ClN2O.ClH/c1-9-3-6-12(8-13(9)15)17(2)14(18)10-4-5-11(16)7-10;/h3,6,8,10-11H,4-5,7,16H2,1-2H3;1H. The Labute approximate surface area is 125 Å². The molecule has 0 saturated heterocycles. The van der Waals surface area contributed by atoms with Crippen LogP contribution in [0.1, 0.15) is 24.8 Å². The van der Waals surface area contributed by atoms with Crippen molar-refractivity contribution in [2.75, 3.05) is 11.9 Å². The molecule has 0 spiro atoms. The number of aryl methyl sites for hydroxylation is 1. The van der Waals surface area contributed by atoms with E-state index in [0.717, 1.165) is 30.5 Å². The van der Waals surface area contributed by atoms with Crippen LogP contribution in [0.4, 0.5) is 5.69 Å². The summed E-state index contributed by atoms with van der Waals surface area (Å²) >= 11 is 6.09. The number of benzene rings is 1. The van der Waals surface area contributed by atoms with Crippen molar-refractivity contribution in [2.24, 2.45) is 11.7 Å². The predicted octanol–water partition coefficient (Wildman–Crippen LogP) is 3.16. The first-order valence-corrected chi connectivity index (χ1v) is 6.66. The van der Waals surface area contributed by atoms with Crippen LogP contribution in [0.3, 0.4) is 0 Å². The summed E-state index contributed by atoms with van der Waals surface area (Å²) in [5, 5.41) is 0.690. The smallest absolute Gasteiger partial charge is 0.229 e. The van der Waals surface area contributed by atoms with Gasteiger partial charge in [0, 0.05) is 29.7 Å². The van der Waals surface area contributed by atoms with Gasteiger partial charge in [0.15, 0.2) is 0 Å². The molecular formula is C14H20Cl2N2O. The van der Waals surface area contributed by atoms with Gasteiger partial charge >= 0.3 is 0 Å². The summed E-state index contributed by atoms with van der Waals surface area (Å²) in [6.45, 7) is 1.95. The number of halogens is 2. The molecule has 1 aromatic carbocycles. The molecule has 2 rings (SSSR count). The zero-order valence-electron chi connectivity index (χ0n) is 11.2. The van der Waals surface area contributed by atoms with Crippen molar-refractivity contribution in [2.45, 2.75) is 32.2 Å². The lowest BCUT2D eigenvalue weighted by atomic mass is 10.1. The number of rotatable bonds is 2. The van der Waals surface area contributed by atoms with Gasteiger partial charge in [-0.1, -0.05) is 17.7 Å². The summed E-state index contributed by atoms with van der Waals surface area (Å²) in [5.41, 5.74) is 7.72. The van der Waals surface area contributed by atoms with Gasteiger partial charge in [0.2, 0.25) is 5.91 Å². The highest BCUT2D eigenvalue weighted by Crippen LogP contribution is 2.29. The number of anilines is 1. The Kier molecular flexibility index (Phi) is 5.65. The van der Waals surface area contributed by atoms with E-state index in [1.165, 1.54) is 0 Å². The highest BCUT2D eigenvalue weighted by Gasteiger charge is 2.30. The second-order valence-corrected chi connectivity index (χ2v) is 5.51. The van der Waals surface area contributed by atoms with E-state index in [1.807, 2.05) is 25.1 Å². The summed E-state index contributed by atoms with van der Waals surface area (Å²) in [4.78, 5) is 14.0. The normalized spacial score (nSPS) is 21.9. The zero-order chi connectivity index (χ0) is 13.3. The number of carbonyl (C=O) groups is 1. The first-order chi connectivity index (χ1) is 8.49. The summed E-state index contributed by atoms with van der Waals surface area (Å²) < 4.78 is 0. The highest BCUT2D eigenvalue weighted by molar-refractivity contribution is 6.31. The third-order valence-corrected chi connectivity index (χ3v) is 4.10. The van der Waals surface area contributed by atoms with E-state index < -0.39 is 0 Å². The van der Waals surface area contributed by atoms with Gasteiger partial charge < -0.3 is 10.6 Å². The van der Waals surface area contributed by atoms with Gasteiger partial charge in [-0.15, -0.1) is 12.4 Å². The Morgan fingerprint density at radius 1 is 1.42 bits per heavy atom. The summed E-state index contributed by atoms with van der Waals surface area (Å²) in [6.07, 6.45) is 2.63. The topological polar surface area (TPSA) is 46.3 Å². The fourth-order valence-corrected chi connectivity index (χ4v) is 2.61. The zero-order valence-corrected chi connectivity index (χ0v) is 12.8. The highest BCUT2D eigenvalue weighted by atomic mass is 35.5. The molecule has 1 saturated carbocycles. The van der Waals surface area contributed by atoms with Crippen molar-refractivity contribution >= 4 is 35.6 Å². The van der Waals surface area contributed by atoms with E-state index in [9.17, 15) is 4.79 Å². The minimum Gasteiger partial charge on any atom is -0.328 e. The van der Waals surface area contributed by atoms with Crippen LogP contribution < -0.4 is 10.6 Å². The van der Waals surface area contributed by atoms with E-state index in [-0.39, 0.29) is 30.3 Å². The Morgan fingerprint density at radius 3 is 2.63 bits per heavy atom. The van der Waals surface area contributed by atoms with Crippen molar-refractivity contribution < 1.29 is 4.79 Å². The fourth-order valence-electron chi connectivity index (χ4n) is 2.43. The van der Waals surface area contributed by atoms with Gasteiger partial charge in [-0.25, -0.2) is 0 Å². The van der Waals surface area contributed by atoms with E-state index in [1.54, 1.807) is 11.9 Å². The molecule has 0 aromatic heterocycles. The number of carbonyl (C=O) groups excluding carboxylic acids is 1. The Balaban J connectivity index is 0.00000180. The molecule has 1 amide bonds. The number of hydrogen-bond acceptors (Lipinski definition) is 2. The average molecular weight is 303 g/mol. The van der Waals surface area contributed by atoms with Crippen LogP contribution in [0.2, 0.25) is 5.02 Å². The largest absolute Gasteiger partial charge is 0.328 e. The molecule has 1 aliphatic carbocycles. The maximum absolute atomic E-state index is 12.3. The Morgan fingerprint density at radius 2 is 2.11 bits per heavy atom. The monoisotopic (exact) mass is 302 g/mol. The van der Waals surface area contributed by atoms with Gasteiger partial charge in [0.05, 0.1) is 0 Å². The Hall–Kier alpha value is -0.770. The van der Waals surface area contributed by atoms with E-state index >= 15 is 0 Å². The molecule has 2 atom stereocenters. The van der Waals surface area contributed by atoms with Crippen LogP contribution >= 0.6 is 24.0 Å². The quantitative estimate of drug-likeness (QED) is 0.912.